The fraction of sp³-hybridized carbons (Fsp3) is 0.154. The summed E-state index contributed by atoms with van der Waals surface area (Å²) in [4.78, 5) is 60.3. The molecule has 8 heterocycles. The summed E-state index contributed by atoms with van der Waals surface area (Å²) in [5.41, 5.74) is 36.2. The van der Waals surface area contributed by atoms with E-state index in [1.165, 1.54) is 41.2 Å². The fourth-order valence-electron chi connectivity index (χ4n) is 7.53. The number of benzene rings is 4. The van der Waals surface area contributed by atoms with Gasteiger partial charge in [0.2, 0.25) is 47.3 Å². The van der Waals surface area contributed by atoms with Crippen LogP contribution in [0.1, 0.15) is 44.5 Å². The maximum absolute atomic E-state index is 5.75. The van der Waals surface area contributed by atoms with Gasteiger partial charge in [-0.2, -0.15) is 39.9 Å². The van der Waals surface area contributed by atoms with Gasteiger partial charge in [0.1, 0.15) is 48.5 Å². The minimum Gasteiger partial charge on any atom is -0.471 e. The highest BCUT2D eigenvalue weighted by Gasteiger charge is 2.14. The molecule has 0 aliphatic carbocycles. The number of imidazole rings is 4. The Labute approximate surface area is 433 Å². The Morgan fingerprint density at radius 1 is 0.329 bits per heavy atom. The summed E-state index contributed by atoms with van der Waals surface area (Å²) in [5, 5.41) is 0. The second-order valence-corrected chi connectivity index (χ2v) is 17.1. The van der Waals surface area contributed by atoms with Gasteiger partial charge in [0.15, 0.2) is 22.6 Å². The molecule has 0 radical (unpaired) electrons. The number of H-pyrrole nitrogens is 4. The van der Waals surface area contributed by atoms with Gasteiger partial charge in [-0.1, -0.05) is 119 Å². The predicted octanol–water partition coefficient (Wildman–Crippen LogP) is 7.29. The van der Waals surface area contributed by atoms with Crippen LogP contribution in [0.3, 0.4) is 0 Å². The van der Waals surface area contributed by atoms with Crippen LogP contribution < -0.4 is 41.9 Å². The first kappa shape index (κ1) is 50.4. The Bertz CT molecular complexity index is 3840. The average Bonchev–Trinajstić information content (AvgIpc) is 4.26. The zero-order valence-corrected chi connectivity index (χ0v) is 41.7. The summed E-state index contributed by atoms with van der Waals surface area (Å²) in [6.45, 7) is 9.90. The molecule has 12 rings (SSSR count). The van der Waals surface area contributed by atoms with E-state index >= 15 is 0 Å². The SMILES string of the molecule is Cc1cc(C)cc(COc2nc(N)nc3nc[nH]c23)c1.Cc1ccc(COc2nc(N)nc3nc[nH]c23)cc1.Cc1cccc(COc2nc(N)nc3nc[nH]c23)c1.Nc1nc(OCc2ccccc2)c2[nH]cnc2n1. The van der Waals surface area contributed by atoms with Gasteiger partial charge in [0.05, 0.1) is 25.3 Å². The molecule has 0 bridgehead atoms. The number of anilines is 4. The molecule has 12 N–H and O–H groups in total. The molecule has 0 saturated carbocycles. The molecule has 12 aromatic rings. The number of ether oxygens (including phenoxy) is 4. The zero-order chi connectivity index (χ0) is 53.0. The smallest absolute Gasteiger partial charge is 0.245 e. The summed E-state index contributed by atoms with van der Waals surface area (Å²) >= 11 is 0. The van der Waals surface area contributed by atoms with Crippen LogP contribution in [0.15, 0.2) is 122 Å². The molecule has 384 valence electrons. The van der Waals surface area contributed by atoms with Crippen LogP contribution in [-0.2, 0) is 26.4 Å². The monoisotopic (exact) mass is 1020 g/mol. The number of nitrogens with one attached hydrogen (secondary N) is 4. The Kier molecular flexibility index (Phi) is 15.5. The maximum Gasteiger partial charge on any atom is 0.245 e. The number of aromatic nitrogens is 16. The standard InChI is InChI=1S/C14H15N5O.2C13H13N5O.C12H11N5O/c1-8-3-9(2)5-10(4-8)6-20-13-11-12(17-7-16-11)18-14(15)19-13;1-8-2-4-9(5-3-8)6-19-12-10-11(16-7-15-10)17-13(14)18-12;1-8-3-2-4-9(5-8)6-19-12-10-11(16-7-15-10)17-13(14)18-12;13-12-16-10-9(14-7-15-10)11(17-12)18-6-8-4-2-1-3-5-8/h3-5,7H,6H2,1-2H3,(H3,15,16,17,18,19);2*2-5,7H,6H2,1H3,(H3,14,15,16,17,18);1-5,7H,6H2,(H3,13,14,15,16,17). The second kappa shape index (κ2) is 23.4. The van der Waals surface area contributed by atoms with E-state index in [1.54, 1.807) is 6.33 Å². The number of aryl methyl sites for hydroxylation is 4. The van der Waals surface area contributed by atoms with Gasteiger partial charge in [0.25, 0.3) is 0 Å². The molecule has 0 fully saturated rings. The lowest BCUT2D eigenvalue weighted by molar-refractivity contribution is 0.297. The summed E-state index contributed by atoms with van der Waals surface area (Å²) in [7, 11) is 0. The van der Waals surface area contributed by atoms with Crippen molar-refractivity contribution in [3.63, 3.8) is 0 Å². The molecule has 4 aromatic carbocycles. The van der Waals surface area contributed by atoms with Crippen LogP contribution in [-0.4, -0.2) is 79.7 Å². The number of hydrogen-bond acceptors (Lipinski definition) is 20. The zero-order valence-electron chi connectivity index (χ0n) is 41.7. The third-order valence-electron chi connectivity index (χ3n) is 10.9. The third kappa shape index (κ3) is 13.1. The number of nitrogens with zero attached hydrogens (tertiary/aromatic N) is 12. The van der Waals surface area contributed by atoms with Gasteiger partial charge >= 0.3 is 0 Å². The van der Waals surface area contributed by atoms with Gasteiger partial charge in [-0.25, -0.2) is 19.9 Å². The first-order valence-corrected chi connectivity index (χ1v) is 23.5. The van der Waals surface area contributed by atoms with E-state index in [2.05, 4.69) is 118 Å². The number of rotatable bonds is 12. The van der Waals surface area contributed by atoms with Gasteiger partial charge < -0.3 is 61.8 Å². The molecular formula is C52H52N20O4. The Hall–Kier alpha value is -10.5. The number of nitrogens with two attached hydrogens (primary N) is 4. The lowest BCUT2D eigenvalue weighted by Crippen LogP contribution is -2.02. The third-order valence-corrected chi connectivity index (χ3v) is 10.9. The van der Waals surface area contributed by atoms with E-state index in [9.17, 15) is 0 Å². The van der Waals surface area contributed by atoms with Crippen molar-refractivity contribution in [3.8, 4) is 23.5 Å². The molecule has 0 unspecified atom stereocenters. The Morgan fingerprint density at radius 3 is 1.07 bits per heavy atom. The molecular weight excluding hydrogens is 969 g/mol. The van der Waals surface area contributed by atoms with Crippen molar-refractivity contribution in [3.05, 3.63) is 167 Å². The molecule has 0 saturated heterocycles. The molecule has 0 aliphatic heterocycles. The predicted molar refractivity (Wildman–Crippen MR) is 286 cm³/mol. The Morgan fingerprint density at radius 2 is 0.671 bits per heavy atom. The molecule has 76 heavy (non-hydrogen) atoms. The van der Waals surface area contributed by atoms with Crippen molar-refractivity contribution in [1.29, 1.82) is 0 Å². The fourth-order valence-corrected chi connectivity index (χ4v) is 7.53. The minimum absolute atomic E-state index is 0.151. The highest BCUT2D eigenvalue weighted by molar-refractivity contribution is 5.78. The highest BCUT2D eigenvalue weighted by Crippen LogP contribution is 2.25. The van der Waals surface area contributed by atoms with Crippen molar-refractivity contribution in [1.82, 2.24) is 79.7 Å². The van der Waals surface area contributed by atoms with E-state index in [-0.39, 0.29) is 23.8 Å². The summed E-state index contributed by atoms with van der Waals surface area (Å²) in [5.74, 6) is 2.28. The van der Waals surface area contributed by atoms with Gasteiger partial charge in [0, 0.05) is 0 Å². The summed E-state index contributed by atoms with van der Waals surface area (Å²) in [6.07, 6.45) is 6.16. The van der Waals surface area contributed by atoms with E-state index in [4.69, 9.17) is 41.9 Å². The van der Waals surface area contributed by atoms with Crippen LogP contribution in [0.2, 0.25) is 0 Å². The molecule has 0 spiro atoms. The molecule has 0 atom stereocenters. The van der Waals surface area contributed by atoms with E-state index in [0.717, 1.165) is 22.3 Å². The maximum atomic E-state index is 5.75. The normalized spacial score (nSPS) is 10.8. The van der Waals surface area contributed by atoms with Crippen molar-refractivity contribution >= 4 is 68.4 Å². The number of aromatic amines is 4. The second-order valence-electron chi connectivity index (χ2n) is 17.1. The van der Waals surface area contributed by atoms with E-state index in [1.807, 2.05) is 86.6 Å². The van der Waals surface area contributed by atoms with Crippen LogP contribution in [0.5, 0.6) is 23.5 Å². The first-order valence-electron chi connectivity index (χ1n) is 23.5. The average molecular weight is 1020 g/mol. The van der Waals surface area contributed by atoms with Crippen LogP contribution in [0, 0.1) is 27.7 Å². The quantitative estimate of drug-likeness (QED) is 0.0595. The van der Waals surface area contributed by atoms with Gasteiger partial charge in [-0.15, -0.1) is 0 Å². The van der Waals surface area contributed by atoms with Crippen LogP contribution >= 0.6 is 0 Å². The minimum atomic E-state index is 0.151. The summed E-state index contributed by atoms with van der Waals surface area (Å²) < 4.78 is 22.8. The van der Waals surface area contributed by atoms with Crippen molar-refractivity contribution in [2.24, 2.45) is 0 Å². The number of fused-ring (bicyclic) bond motifs is 4. The van der Waals surface area contributed by atoms with Crippen LogP contribution in [0.25, 0.3) is 44.7 Å². The van der Waals surface area contributed by atoms with Gasteiger partial charge in [-0.05, 0) is 49.9 Å². The van der Waals surface area contributed by atoms with Crippen molar-refractivity contribution in [2.75, 3.05) is 22.9 Å². The molecule has 0 aliphatic rings. The largest absolute Gasteiger partial charge is 0.471 e. The number of hydrogen-bond donors (Lipinski definition) is 8. The molecule has 0 amide bonds. The highest BCUT2D eigenvalue weighted by atomic mass is 16.5. The molecule has 24 nitrogen and oxygen atoms in total. The first-order chi connectivity index (χ1) is 36.9. The molecule has 8 aromatic heterocycles. The molecule has 24 heteroatoms. The number of nitrogen functional groups attached to an aromatic ring is 4. The lowest BCUT2D eigenvalue weighted by atomic mass is 10.1. The topological polar surface area (TPSA) is 359 Å². The van der Waals surface area contributed by atoms with E-state index < -0.39 is 0 Å². The van der Waals surface area contributed by atoms with E-state index in [0.29, 0.717) is 94.6 Å². The van der Waals surface area contributed by atoms with Crippen molar-refractivity contribution < 1.29 is 18.9 Å². The van der Waals surface area contributed by atoms with Crippen molar-refractivity contribution in [2.45, 2.75) is 54.1 Å². The summed E-state index contributed by atoms with van der Waals surface area (Å²) in [6, 6.07) is 32.3. The van der Waals surface area contributed by atoms with Gasteiger partial charge in [-0.3, -0.25) is 0 Å². The lowest BCUT2D eigenvalue weighted by Gasteiger charge is -2.08. The van der Waals surface area contributed by atoms with Crippen LogP contribution in [0.4, 0.5) is 23.8 Å². The Balaban J connectivity index is 0.000000124.